The highest BCUT2D eigenvalue weighted by Gasteiger charge is 2.43. The zero-order valence-electron chi connectivity index (χ0n) is 19.0. The first-order valence-corrected chi connectivity index (χ1v) is 11.0. The van der Waals surface area contributed by atoms with E-state index in [1.54, 1.807) is 20.8 Å². The maximum Gasteiger partial charge on any atom is 0.410 e. The number of benzene rings is 1. The van der Waals surface area contributed by atoms with Gasteiger partial charge in [0.2, 0.25) is 5.91 Å². The Labute approximate surface area is 188 Å². The Morgan fingerprint density at radius 2 is 1.88 bits per heavy atom. The van der Waals surface area contributed by atoms with Gasteiger partial charge in [-0.1, -0.05) is 30.3 Å². The lowest BCUT2D eigenvalue weighted by atomic mass is 10.0. The van der Waals surface area contributed by atoms with Gasteiger partial charge in [-0.25, -0.2) is 9.59 Å². The first kappa shape index (κ1) is 23.8. The van der Waals surface area contributed by atoms with Gasteiger partial charge in [0.15, 0.2) is 0 Å². The van der Waals surface area contributed by atoms with Crippen LogP contribution in [0.4, 0.5) is 9.59 Å². The van der Waals surface area contributed by atoms with Gasteiger partial charge in [-0.15, -0.1) is 0 Å². The Kier molecular flexibility index (Phi) is 7.60. The van der Waals surface area contributed by atoms with E-state index in [-0.39, 0.29) is 38.3 Å². The van der Waals surface area contributed by atoms with Crippen molar-refractivity contribution in [2.45, 2.75) is 63.8 Å². The second-order valence-corrected chi connectivity index (χ2v) is 9.45. The Balaban J connectivity index is 1.56. The summed E-state index contributed by atoms with van der Waals surface area (Å²) in [5.41, 5.74) is -0.639. The fourth-order valence-electron chi connectivity index (χ4n) is 3.45. The molecule has 1 heterocycles. The van der Waals surface area contributed by atoms with Gasteiger partial charge in [0, 0.05) is 19.1 Å². The zero-order chi connectivity index (χ0) is 23.2. The van der Waals surface area contributed by atoms with Crippen molar-refractivity contribution in [1.29, 1.82) is 0 Å². The fourth-order valence-corrected chi connectivity index (χ4v) is 3.45. The van der Waals surface area contributed by atoms with Gasteiger partial charge >= 0.3 is 12.2 Å². The molecule has 2 fully saturated rings. The van der Waals surface area contributed by atoms with E-state index in [2.05, 4.69) is 10.6 Å². The van der Waals surface area contributed by atoms with Crippen LogP contribution in [0.5, 0.6) is 0 Å². The molecule has 1 atom stereocenters. The molecule has 2 aliphatic rings. The summed E-state index contributed by atoms with van der Waals surface area (Å²) in [6, 6.07) is 9.67. The summed E-state index contributed by atoms with van der Waals surface area (Å²) in [5, 5.41) is 5.73. The van der Waals surface area contributed by atoms with Crippen LogP contribution < -0.4 is 10.6 Å². The summed E-state index contributed by atoms with van der Waals surface area (Å²) in [7, 11) is 0. The third-order valence-corrected chi connectivity index (χ3v) is 5.14. The van der Waals surface area contributed by atoms with Crippen LogP contribution in [0.3, 0.4) is 0 Å². The summed E-state index contributed by atoms with van der Waals surface area (Å²) in [6.07, 6.45) is 1.39. The smallest absolute Gasteiger partial charge is 0.410 e. The number of likely N-dealkylation sites (tertiary alicyclic amines) is 1. The molecule has 1 saturated carbocycles. The number of nitrogens with one attached hydrogen (secondary N) is 2. The molecule has 1 aliphatic heterocycles. The minimum absolute atomic E-state index is 0.0762. The second kappa shape index (κ2) is 10.2. The van der Waals surface area contributed by atoms with Crippen LogP contribution in [-0.4, -0.2) is 66.5 Å². The van der Waals surface area contributed by atoms with Crippen molar-refractivity contribution in [1.82, 2.24) is 15.5 Å². The Morgan fingerprint density at radius 1 is 1.16 bits per heavy atom. The predicted molar refractivity (Wildman–Crippen MR) is 117 cm³/mol. The number of amides is 3. The van der Waals surface area contributed by atoms with E-state index < -0.39 is 23.3 Å². The SMILES string of the molecule is CC(C)(C)OC(=O)N[C@]1(COCC(=O)NC2CC2)CCN(C(=O)OCc2ccccc2)C1. The second-order valence-electron chi connectivity index (χ2n) is 9.45. The largest absolute Gasteiger partial charge is 0.445 e. The van der Waals surface area contributed by atoms with Gasteiger partial charge in [0.1, 0.15) is 18.8 Å². The molecule has 1 aromatic rings. The van der Waals surface area contributed by atoms with E-state index >= 15 is 0 Å². The lowest BCUT2D eigenvalue weighted by molar-refractivity contribution is -0.126. The zero-order valence-corrected chi connectivity index (χ0v) is 19.0. The van der Waals surface area contributed by atoms with Crippen LogP contribution >= 0.6 is 0 Å². The van der Waals surface area contributed by atoms with Crippen LogP contribution in [0.25, 0.3) is 0 Å². The molecule has 9 heteroatoms. The summed E-state index contributed by atoms with van der Waals surface area (Å²) in [5.74, 6) is -0.183. The van der Waals surface area contributed by atoms with Crippen molar-refractivity contribution in [3.05, 3.63) is 35.9 Å². The standard InChI is InChI=1S/C23H33N3O6/c1-22(2,3)32-20(28)25-23(16-30-14-19(27)24-18-9-10-18)11-12-26(15-23)21(29)31-13-17-7-5-4-6-8-17/h4-8,18H,9-16H2,1-3H3,(H,24,27)(H,25,28)/t23-/m1/s1. The number of rotatable bonds is 8. The number of ether oxygens (including phenoxy) is 3. The minimum Gasteiger partial charge on any atom is -0.445 e. The molecule has 1 aliphatic carbocycles. The molecule has 0 radical (unpaired) electrons. The van der Waals surface area contributed by atoms with Crippen LogP contribution in [-0.2, 0) is 25.6 Å². The highest BCUT2D eigenvalue weighted by molar-refractivity contribution is 5.77. The van der Waals surface area contributed by atoms with E-state index in [0.717, 1.165) is 18.4 Å². The molecule has 0 bridgehead atoms. The summed E-state index contributed by atoms with van der Waals surface area (Å²) in [6.45, 7) is 6.06. The monoisotopic (exact) mass is 447 g/mol. The number of hydrogen-bond acceptors (Lipinski definition) is 6. The Bertz CT molecular complexity index is 806. The van der Waals surface area contributed by atoms with E-state index in [0.29, 0.717) is 13.0 Å². The van der Waals surface area contributed by atoms with E-state index in [9.17, 15) is 14.4 Å². The van der Waals surface area contributed by atoms with Crippen molar-refractivity contribution in [3.63, 3.8) is 0 Å². The van der Waals surface area contributed by atoms with Gasteiger partial charge < -0.3 is 29.7 Å². The van der Waals surface area contributed by atoms with Gasteiger partial charge in [0.25, 0.3) is 0 Å². The van der Waals surface area contributed by atoms with Gasteiger partial charge in [-0.3, -0.25) is 4.79 Å². The first-order valence-electron chi connectivity index (χ1n) is 11.0. The molecule has 32 heavy (non-hydrogen) atoms. The number of carbonyl (C=O) groups is 3. The van der Waals surface area contributed by atoms with E-state index in [1.807, 2.05) is 30.3 Å². The van der Waals surface area contributed by atoms with Crippen molar-refractivity contribution >= 4 is 18.1 Å². The topological polar surface area (TPSA) is 106 Å². The third kappa shape index (κ3) is 7.71. The van der Waals surface area contributed by atoms with Crippen molar-refractivity contribution in [2.75, 3.05) is 26.3 Å². The number of nitrogens with zero attached hydrogens (tertiary/aromatic N) is 1. The number of alkyl carbamates (subject to hydrolysis) is 1. The van der Waals surface area contributed by atoms with Crippen LogP contribution in [0, 0.1) is 0 Å². The molecular weight excluding hydrogens is 414 g/mol. The molecule has 1 aromatic carbocycles. The van der Waals surface area contributed by atoms with Crippen LogP contribution in [0.2, 0.25) is 0 Å². The molecule has 0 unspecified atom stereocenters. The summed E-state index contributed by atoms with van der Waals surface area (Å²) < 4.78 is 16.5. The van der Waals surface area contributed by atoms with Gasteiger partial charge in [0.05, 0.1) is 12.1 Å². The lowest BCUT2D eigenvalue weighted by Gasteiger charge is -2.31. The van der Waals surface area contributed by atoms with Crippen molar-refractivity contribution in [2.24, 2.45) is 0 Å². The average molecular weight is 448 g/mol. The van der Waals surface area contributed by atoms with Gasteiger partial charge in [-0.05, 0) is 45.6 Å². The molecule has 3 rings (SSSR count). The number of carbonyl (C=O) groups excluding carboxylic acids is 3. The lowest BCUT2D eigenvalue weighted by Crippen LogP contribution is -2.55. The molecule has 3 amide bonds. The summed E-state index contributed by atoms with van der Waals surface area (Å²) in [4.78, 5) is 38.5. The molecule has 1 saturated heterocycles. The normalized spacial score (nSPS) is 20.5. The highest BCUT2D eigenvalue weighted by Crippen LogP contribution is 2.24. The highest BCUT2D eigenvalue weighted by atomic mass is 16.6. The van der Waals surface area contributed by atoms with E-state index in [4.69, 9.17) is 14.2 Å². The third-order valence-electron chi connectivity index (χ3n) is 5.14. The van der Waals surface area contributed by atoms with Gasteiger partial charge in [-0.2, -0.15) is 0 Å². The minimum atomic E-state index is -0.867. The summed E-state index contributed by atoms with van der Waals surface area (Å²) >= 11 is 0. The maximum absolute atomic E-state index is 12.6. The van der Waals surface area contributed by atoms with Crippen molar-refractivity contribution in [3.8, 4) is 0 Å². The molecular formula is C23H33N3O6. The predicted octanol–water partition coefficient (Wildman–Crippen LogP) is 2.59. The van der Waals surface area contributed by atoms with Crippen LogP contribution in [0.15, 0.2) is 30.3 Å². The molecule has 0 spiro atoms. The molecule has 0 aromatic heterocycles. The van der Waals surface area contributed by atoms with E-state index in [1.165, 1.54) is 4.90 Å². The maximum atomic E-state index is 12.6. The molecule has 9 nitrogen and oxygen atoms in total. The fraction of sp³-hybridized carbons (Fsp3) is 0.609. The van der Waals surface area contributed by atoms with Crippen molar-refractivity contribution < 1.29 is 28.6 Å². The quantitative estimate of drug-likeness (QED) is 0.635. The Morgan fingerprint density at radius 3 is 2.53 bits per heavy atom. The molecule has 2 N–H and O–H groups in total. The Hall–Kier alpha value is -2.81. The number of hydrogen-bond donors (Lipinski definition) is 2. The van der Waals surface area contributed by atoms with Crippen LogP contribution in [0.1, 0.15) is 45.6 Å². The average Bonchev–Trinajstić information content (AvgIpc) is 3.43. The first-order chi connectivity index (χ1) is 15.1. The molecule has 176 valence electrons.